The Morgan fingerprint density at radius 2 is 1.76 bits per heavy atom. The topological polar surface area (TPSA) is 80.2 Å². The number of nitrogens with one attached hydrogen (secondary N) is 1. The van der Waals surface area contributed by atoms with Gasteiger partial charge < -0.3 is 9.57 Å². The molecule has 0 saturated carbocycles. The highest BCUT2D eigenvalue weighted by Crippen LogP contribution is 2.50. The van der Waals surface area contributed by atoms with E-state index in [4.69, 9.17) is 44.4 Å². The predicted octanol–water partition coefficient (Wildman–Crippen LogP) is 7.40. The number of ether oxygens (including phenoxy) is 1. The van der Waals surface area contributed by atoms with Gasteiger partial charge in [0.15, 0.2) is 0 Å². The Kier molecular flexibility index (Phi) is 8.63. The van der Waals surface area contributed by atoms with Crippen molar-refractivity contribution in [3.8, 4) is 0 Å². The van der Waals surface area contributed by atoms with Gasteiger partial charge in [-0.1, -0.05) is 62.0 Å². The van der Waals surface area contributed by atoms with E-state index in [0.29, 0.717) is 0 Å². The van der Waals surface area contributed by atoms with Gasteiger partial charge in [-0.15, -0.1) is 0 Å². The zero-order valence-electron chi connectivity index (χ0n) is 19.6. The second kappa shape index (κ2) is 10.9. The van der Waals surface area contributed by atoms with Crippen LogP contribution >= 0.6 is 50.7 Å². The number of hydrogen-bond acceptors (Lipinski definition) is 5. The Morgan fingerprint density at radius 3 is 2.30 bits per heavy atom. The summed E-state index contributed by atoms with van der Waals surface area (Å²) in [7, 11) is 0. The minimum Gasteiger partial charge on any atom is -0.442 e. The first-order valence-electron chi connectivity index (χ1n) is 10.5. The lowest BCUT2D eigenvalue weighted by atomic mass is 9.86. The molecule has 200 valence electrons. The van der Waals surface area contributed by atoms with Crippen molar-refractivity contribution < 1.29 is 32.3 Å². The summed E-state index contributed by atoms with van der Waals surface area (Å²) in [4.78, 5) is 30.0. The maximum Gasteiger partial charge on any atom is 0.435 e. The monoisotopic (exact) mass is 643 g/mol. The number of carbonyl (C=O) groups excluding carboxylic acids is 2. The zero-order valence-corrected chi connectivity index (χ0v) is 23.4. The summed E-state index contributed by atoms with van der Waals surface area (Å²) in [5.41, 5.74) is -1.75. The molecule has 14 heteroatoms. The number of nitrogens with zero attached hydrogens (tertiary/aromatic N) is 2. The minimum atomic E-state index is -4.89. The molecule has 1 aliphatic rings. The predicted molar refractivity (Wildman–Crippen MR) is 139 cm³/mol. The molecule has 0 saturated heterocycles. The summed E-state index contributed by atoms with van der Waals surface area (Å²) >= 11 is 21.2. The van der Waals surface area contributed by atoms with Crippen molar-refractivity contribution in [1.29, 1.82) is 0 Å². The van der Waals surface area contributed by atoms with Gasteiger partial charge in [0.05, 0.1) is 21.8 Å². The molecule has 7 nitrogen and oxygen atoms in total. The Morgan fingerprint density at radius 1 is 1.14 bits per heavy atom. The minimum absolute atomic E-state index is 0.00695. The summed E-state index contributed by atoms with van der Waals surface area (Å²) in [6, 6.07) is 7.55. The summed E-state index contributed by atoms with van der Waals surface area (Å²) in [6.45, 7) is 4.87. The third-order valence-electron chi connectivity index (χ3n) is 4.97. The SMILES string of the molecule is CC(C)(C)OC(=O)N(NC(=O)CBr)c1cc(C2=NOC(c3cc(Cl)cc(Cl)c3)(C(F)(F)F)C2)ccc1Cl. The standard InChI is InChI=1S/C23H20BrCl3F3N3O4/c1-21(2,3)36-20(35)33(31-19(34)11-24)18-6-12(4-5-16(18)27)17-10-22(37-32-17,23(28,29)30)13-7-14(25)9-15(26)8-13/h4-9H,10-11H2,1-3H3,(H,31,34). The number of hydrogen-bond donors (Lipinski definition) is 1. The van der Waals surface area contributed by atoms with Gasteiger partial charge in [-0.2, -0.15) is 18.2 Å². The molecule has 1 atom stereocenters. The van der Waals surface area contributed by atoms with Crippen molar-refractivity contribution in [2.75, 3.05) is 10.3 Å². The number of hydrazine groups is 1. The lowest BCUT2D eigenvalue weighted by molar-refractivity contribution is -0.275. The molecule has 3 rings (SSSR count). The average molecular weight is 646 g/mol. The van der Waals surface area contributed by atoms with E-state index in [0.717, 1.165) is 17.1 Å². The summed E-state index contributed by atoms with van der Waals surface area (Å²) in [6.07, 6.45) is -6.59. The van der Waals surface area contributed by atoms with E-state index < -0.39 is 35.8 Å². The number of amides is 2. The van der Waals surface area contributed by atoms with Crippen LogP contribution in [0.2, 0.25) is 15.1 Å². The summed E-state index contributed by atoms with van der Waals surface area (Å²) in [5, 5.41) is 4.32. The van der Waals surface area contributed by atoms with Crippen LogP contribution in [-0.2, 0) is 20.0 Å². The molecule has 0 bridgehead atoms. The molecule has 0 fully saturated rings. The normalized spacial score (nSPS) is 17.6. The third-order valence-corrected chi connectivity index (χ3v) is 6.23. The van der Waals surface area contributed by atoms with E-state index in [1.54, 1.807) is 20.8 Å². The fraction of sp³-hybridized carbons (Fsp3) is 0.348. The van der Waals surface area contributed by atoms with Crippen LogP contribution in [0.15, 0.2) is 41.6 Å². The van der Waals surface area contributed by atoms with E-state index in [1.165, 1.54) is 24.3 Å². The van der Waals surface area contributed by atoms with E-state index >= 15 is 0 Å². The number of carbonyl (C=O) groups is 2. The molecular formula is C23H20BrCl3F3N3O4. The van der Waals surface area contributed by atoms with Crippen LogP contribution in [0.4, 0.5) is 23.7 Å². The van der Waals surface area contributed by atoms with Gasteiger partial charge in [0.1, 0.15) is 5.60 Å². The molecule has 1 unspecified atom stereocenters. The molecule has 37 heavy (non-hydrogen) atoms. The molecule has 0 radical (unpaired) electrons. The second-order valence-corrected chi connectivity index (χ2v) is 10.8. The molecular weight excluding hydrogens is 626 g/mol. The van der Waals surface area contributed by atoms with Gasteiger partial charge in [-0.05, 0) is 51.1 Å². The fourth-order valence-corrected chi connectivity index (χ4v) is 4.23. The summed E-state index contributed by atoms with van der Waals surface area (Å²) < 4.78 is 48.4. The Labute approximate surface area is 233 Å². The highest BCUT2D eigenvalue weighted by molar-refractivity contribution is 9.09. The van der Waals surface area contributed by atoms with Crippen LogP contribution < -0.4 is 10.4 Å². The van der Waals surface area contributed by atoms with Gasteiger partial charge in [0.2, 0.25) is 5.91 Å². The van der Waals surface area contributed by atoms with Crippen molar-refractivity contribution in [1.82, 2.24) is 5.43 Å². The van der Waals surface area contributed by atoms with E-state index in [2.05, 4.69) is 26.5 Å². The number of oxime groups is 1. The molecule has 0 aromatic heterocycles. The molecule has 2 aromatic carbocycles. The lowest BCUT2D eigenvalue weighted by Gasteiger charge is -2.30. The van der Waals surface area contributed by atoms with Crippen molar-refractivity contribution >= 4 is 74.1 Å². The fourth-order valence-electron chi connectivity index (χ4n) is 3.38. The molecule has 1 heterocycles. The van der Waals surface area contributed by atoms with Crippen LogP contribution in [0.3, 0.4) is 0 Å². The largest absolute Gasteiger partial charge is 0.442 e. The van der Waals surface area contributed by atoms with Crippen molar-refractivity contribution in [2.24, 2.45) is 5.16 Å². The first-order chi connectivity index (χ1) is 17.1. The van der Waals surface area contributed by atoms with E-state index in [-0.39, 0.29) is 42.9 Å². The third kappa shape index (κ3) is 6.63. The van der Waals surface area contributed by atoms with Crippen molar-refractivity contribution in [3.05, 3.63) is 62.6 Å². The Hall–Kier alpha value is -2.21. The Balaban J connectivity index is 2.03. The average Bonchev–Trinajstić information content (AvgIpc) is 3.23. The van der Waals surface area contributed by atoms with Crippen molar-refractivity contribution in [2.45, 2.75) is 44.6 Å². The number of rotatable bonds is 4. The van der Waals surface area contributed by atoms with Gasteiger partial charge in [-0.25, -0.2) is 4.79 Å². The van der Waals surface area contributed by atoms with Crippen LogP contribution in [0, 0.1) is 0 Å². The highest BCUT2D eigenvalue weighted by atomic mass is 79.9. The molecule has 0 spiro atoms. The molecule has 0 aliphatic carbocycles. The van der Waals surface area contributed by atoms with Gasteiger partial charge >= 0.3 is 12.3 Å². The summed E-state index contributed by atoms with van der Waals surface area (Å²) in [5.74, 6) is -0.609. The van der Waals surface area contributed by atoms with Gasteiger partial charge in [-0.3, -0.25) is 10.2 Å². The van der Waals surface area contributed by atoms with Gasteiger partial charge in [0.25, 0.3) is 5.60 Å². The second-order valence-electron chi connectivity index (χ2n) is 8.94. The maximum atomic E-state index is 14.3. The number of benzene rings is 2. The van der Waals surface area contributed by atoms with E-state index in [9.17, 15) is 22.8 Å². The lowest BCUT2D eigenvalue weighted by Crippen LogP contribution is -2.49. The molecule has 1 N–H and O–H groups in total. The van der Waals surface area contributed by atoms with Crippen LogP contribution in [0.25, 0.3) is 0 Å². The van der Waals surface area contributed by atoms with Crippen LogP contribution in [0.1, 0.15) is 38.3 Å². The first kappa shape index (κ1) is 29.3. The first-order valence-corrected chi connectivity index (χ1v) is 12.8. The van der Waals surface area contributed by atoms with Crippen molar-refractivity contribution in [3.63, 3.8) is 0 Å². The maximum absolute atomic E-state index is 14.3. The number of anilines is 1. The Bertz CT molecular complexity index is 1230. The van der Waals surface area contributed by atoms with Gasteiger partial charge in [0, 0.05) is 27.6 Å². The molecule has 1 aliphatic heterocycles. The number of alkyl halides is 4. The molecule has 2 amide bonds. The van der Waals surface area contributed by atoms with Crippen LogP contribution in [-0.4, -0.2) is 34.8 Å². The highest BCUT2D eigenvalue weighted by Gasteiger charge is 2.62. The smallest absolute Gasteiger partial charge is 0.435 e. The number of halogens is 7. The zero-order chi connectivity index (χ0) is 27.8. The van der Waals surface area contributed by atoms with Crippen LogP contribution in [0.5, 0.6) is 0 Å². The quantitative estimate of drug-likeness (QED) is 0.278. The molecule has 2 aromatic rings. The van der Waals surface area contributed by atoms with E-state index in [1.807, 2.05) is 0 Å².